The van der Waals surface area contributed by atoms with E-state index in [9.17, 15) is 5.11 Å². The van der Waals surface area contributed by atoms with Crippen molar-refractivity contribution in [2.75, 3.05) is 0 Å². The van der Waals surface area contributed by atoms with E-state index in [-0.39, 0.29) is 22.2 Å². The predicted octanol–water partition coefficient (Wildman–Crippen LogP) is 4.98. The summed E-state index contributed by atoms with van der Waals surface area (Å²) in [6, 6.07) is 29.7. The fraction of sp³-hybridized carbons (Fsp3) is 0. The van der Waals surface area contributed by atoms with Crippen LogP contribution in [-0.4, -0.2) is 15.1 Å². The molecule has 0 aliphatic rings. The topological polar surface area (TPSA) is 46.0 Å². The molecular formula is C22H15N2NiO-. The molecule has 0 aliphatic carbocycles. The van der Waals surface area contributed by atoms with Crippen LogP contribution in [0.3, 0.4) is 0 Å². The van der Waals surface area contributed by atoms with E-state index in [1.807, 2.05) is 72.8 Å². The molecule has 26 heavy (non-hydrogen) atoms. The summed E-state index contributed by atoms with van der Waals surface area (Å²) < 4.78 is 0. The molecule has 3 nitrogen and oxygen atoms in total. The van der Waals surface area contributed by atoms with E-state index in [0.29, 0.717) is 11.3 Å². The van der Waals surface area contributed by atoms with Gasteiger partial charge in [-0.1, -0.05) is 30.3 Å². The SMILES string of the molecule is Oc1ccccc1-c1cccc(-c2cccc(-c3[c-]cccc3)n2)n1.[Ni]. The molecule has 0 saturated carbocycles. The average molecular weight is 382 g/mol. The Morgan fingerprint density at radius 1 is 0.615 bits per heavy atom. The van der Waals surface area contributed by atoms with Crippen molar-refractivity contribution in [3.8, 4) is 39.7 Å². The molecule has 4 aromatic rings. The van der Waals surface area contributed by atoms with E-state index in [1.54, 1.807) is 12.1 Å². The van der Waals surface area contributed by atoms with Crippen LogP contribution in [0.2, 0.25) is 0 Å². The van der Waals surface area contributed by atoms with Gasteiger partial charge in [0.05, 0.1) is 17.1 Å². The Morgan fingerprint density at radius 3 is 1.92 bits per heavy atom. The number of hydrogen-bond donors (Lipinski definition) is 1. The molecule has 2 aromatic carbocycles. The van der Waals surface area contributed by atoms with E-state index in [1.165, 1.54) is 0 Å². The Kier molecular flexibility index (Phi) is 5.45. The molecule has 2 heterocycles. The molecule has 0 atom stereocenters. The van der Waals surface area contributed by atoms with Gasteiger partial charge in [0.1, 0.15) is 5.75 Å². The average Bonchev–Trinajstić information content (AvgIpc) is 2.69. The number of pyridine rings is 2. The Balaban J connectivity index is 0.00000196. The largest absolute Gasteiger partial charge is 0.507 e. The first kappa shape index (κ1) is 17.8. The standard InChI is InChI=1S/C22H15N2O.Ni/c25-22-15-5-4-10-17(22)19-12-7-14-21(24-19)20-13-6-11-18(23-20)16-8-2-1-3-9-16;/h1-8,10-15,25H;/q-1;. The Hall–Kier alpha value is -2.97. The second-order valence-corrected chi connectivity index (χ2v) is 5.61. The number of hydrogen-bond acceptors (Lipinski definition) is 3. The van der Waals surface area contributed by atoms with Crippen molar-refractivity contribution < 1.29 is 21.6 Å². The molecule has 4 rings (SSSR count). The van der Waals surface area contributed by atoms with Gasteiger partial charge in [-0.25, -0.2) is 4.98 Å². The summed E-state index contributed by atoms with van der Waals surface area (Å²) in [5, 5.41) is 10.1. The van der Waals surface area contributed by atoms with Gasteiger partial charge < -0.3 is 5.11 Å². The Labute approximate surface area is 162 Å². The van der Waals surface area contributed by atoms with Crippen LogP contribution in [0.5, 0.6) is 5.75 Å². The summed E-state index contributed by atoms with van der Waals surface area (Å²) in [5.41, 5.74) is 4.77. The minimum absolute atomic E-state index is 0. The smallest absolute Gasteiger partial charge is 0.124 e. The van der Waals surface area contributed by atoms with Crippen LogP contribution in [0.4, 0.5) is 0 Å². The van der Waals surface area contributed by atoms with Gasteiger partial charge in [-0.15, -0.1) is 35.9 Å². The van der Waals surface area contributed by atoms with E-state index in [4.69, 9.17) is 4.98 Å². The fourth-order valence-corrected chi connectivity index (χ4v) is 2.70. The first-order chi connectivity index (χ1) is 12.3. The fourth-order valence-electron chi connectivity index (χ4n) is 2.70. The summed E-state index contributed by atoms with van der Waals surface area (Å²) in [7, 11) is 0. The zero-order valence-electron chi connectivity index (χ0n) is 13.7. The van der Waals surface area contributed by atoms with E-state index in [0.717, 1.165) is 22.6 Å². The number of rotatable bonds is 3. The minimum atomic E-state index is 0. The summed E-state index contributed by atoms with van der Waals surface area (Å²) in [6.07, 6.45) is 0. The molecule has 1 N–H and O–H groups in total. The second-order valence-electron chi connectivity index (χ2n) is 5.61. The van der Waals surface area contributed by atoms with Gasteiger partial charge in [-0.2, -0.15) is 0 Å². The zero-order chi connectivity index (χ0) is 17.1. The Morgan fingerprint density at radius 2 is 1.23 bits per heavy atom. The number of phenolic OH excluding ortho intramolecular Hbond substituents is 1. The van der Waals surface area contributed by atoms with Gasteiger partial charge in [0.2, 0.25) is 0 Å². The molecule has 0 bridgehead atoms. The summed E-state index contributed by atoms with van der Waals surface area (Å²) >= 11 is 0. The molecule has 0 fully saturated rings. The van der Waals surface area contributed by atoms with Crippen molar-refractivity contribution in [1.82, 2.24) is 9.97 Å². The number of benzene rings is 2. The van der Waals surface area contributed by atoms with E-state index < -0.39 is 0 Å². The minimum Gasteiger partial charge on any atom is -0.507 e. The number of aromatic hydroxyl groups is 1. The van der Waals surface area contributed by atoms with Crippen LogP contribution in [-0.2, 0) is 16.5 Å². The van der Waals surface area contributed by atoms with Crippen molar-refractivity contribution in [1.29, 1.82) is 0 Å². The van der Waals surface area contributed by atoms with Crippen LogP contribution in [0, 0.1) is 6.07 Å². The molecule has 0 saturated heterocycles. The number of para-hydroxylation sites is 1. The third-order valence-corrected chi connectivity index (χ3v) is 3.93. The molecule has 0 unspecified atom stereocenters. The van der Waals surface area contributed by atoms with Crippen molar-refractivity contribution >= 4 is 0 Å². The third-order valence-electron chi connectivity index (χ3n) is 3.93. The first-order valence-corrected chi connectivity index (χ1v) is 8.01. The van der Waals surface area contributed by atoms with Crippen molar-refractivity contribution in [3.63, 3.8) is 0 Å². The van der Waals surface area contributed by atoms with Gasteiger partial charge >= 0.3 is 0 Å². The molecule has 130 valence electrons. The van der Waals surface area contributed by atoms with Crippen molar-refractivity contribution in [2.24, 2.45) is 0 Å². The maximum atomic E-state index is 10.1. The first-order valence-electron chi connectivity index (χ1n) is 8.01. The van der Waals surface area contributed by atoms with Crippen LogP contribution in [0.1, 0.15) is 0 Å². The molecule has 0 aliphatic heterocycles. The summed E-state index contributed by atoms with van der Waals surface area (Å²) in [5.74, 6) is 0.216. The van der Waals surface area contributed by atoms with Crippen molar-refractivity contribution in [2.45, 2.75) is 0 Å². The monoisotopic (exact) mass is 381 g/mol. The van der Waals surface area contributed by atoms with Gasteiger partial charge in [-0.3, -0.25) is 4.98 Å². The number of phenols is 1. The zero-order valence-corrected chi connectivity index (χ0v) is 14.7. The third kappa shape index (κ3) is 3.66. The van der Waals surface area contributed by atoms with Gasteiger partial charge in [0, 0.05) is 22.1 Å². The van der Waals surface area contributed by atoms with Gasteiger partial charge in [0.15, 0.2) is 0 Å². The molecule has 2 aromatic heterocycles. The molecule has 0 radical (unpaired) electrons. The van der Waals surface area contributed by atoms with Crippen LogP contribution in [0.25, 0.3) is 33.9 Å². The number of nitrogens with zero attached hydrogens (tertiary/aromatic N) is 2. The number of aromatic nitrogens is 2. The quantitative estimate of drug-likeness (QED) is 0.402. The predicted molar refractivity (Wildman–Crippen MR) is 98.8 cm³/mol. The maximum Gasteiger partial charge on any atom is 0.124 e. The van der Waals surface area contributed by atoms with Crippen molar-refractivity contribution in [3.05, 3.63) is 91.0 Å². The summed E-state index contributed by atoms with van der Waals surface area (Å²) in [4.78, 5) is 9.39. The maximum absolute atomic E-state index is 10.1. The van der Waals surface area contributed by atoms with Crippen LogP contribution < -0.4 is 0 Å². The molecule has 0 amide bonds. The van der Waals surface area contributed by atoms with E-state index in [2.05, 4.69) is 11.1 Å². The summed E-state index contributed by atoms with van der Waals surface area (Å²) in [6.45, 7) is 0. The van der Waals surface area contributed by atoms with E-state index >= 15 is 0 Å². The molecular weight excluding hydrogens is 367 g/mol. The molecule has 4 heteroatoms. The normalized spacial score (nSPS) is 10.2. The Bertz CT molecular complexity index is 1020. The molecule has 0 spiro atoms. The van der Waals surface area contributed by atoms with Crippen LogP contribution >= 0.6 is 0 Å². The van der Waals surface area contributed by atoms with Gasteiger partial charge in [-0.05, 0) is 36.0 Å². The second kappa shape index (κ2) is 7.94. The van der Waals surface area contributed by atoms with Crippen LogP contribution in [0.15, 0.2) is 84.9 Å². The van der Waals surface area contributed by atoms with Gasteiger partial charge in [0.25, 0.3) is 0 Å².